The van der Waals surface area contributed by atoms with E-state index in [2.05, 4.69) is 252 Å². The predicted octanol–water partition coefficient (Wildman–Crippen LogP) is 15.7. The standard InChI is InChI=1S/C58H42N2/c1-3-14-41(15-4-1)42-26-32-47(33-27-42)59(48-34-28-45(29-35-48)52-23-13-19-44-18-7-8-20-51(44)52)49-36-30-46(31-37-49)56-40-50(38-39-53(56)43-16-5-2-6-17-43)60-57-24-11-9-21-54(57)55-22-10-12-25-58(55)60/h1-40,54,57H. The first-order valence-corrected chi connectivity index (χ1v) is 20.8. The molecule has 2 unspecified atom stereocenters. The number of rotatable bonds is 8. The average molecular weight is 767 g/mol. The highest BCUT2D eigenvalue weighted by Crippen LogP contribution is 2.49. The second kappa shape index (κ2) is 15.2. The van der Waals surface area contributed by atoms with Gasteiger partial charge < -0.3 is 9.80 Å². The maximum Gasteiger partial charge on any atom is 0.0629 e. The summed E-state index contributed by atoms with van der Waals surface area (Å²) in [5.41, 5.74) is 16.8. The third kappa shape index (κ3) is 6.40. The van der Waals surface area contributed by atoms with Crippen LogP contribution in [0.25, 0.3) is 55.3 Å². The van der Waals surface area contributed by atoms with E-state index in [1.807, 2.05) is 0 Å². The van der Waals surface area contributed by atoms with Crippen LogP contribution < -0.4 is 9.80 Å². The van der Waals surface area contributed by atoms with E-state index in [9.17, 15) is 0 Å². The van der Waals surface area contributed by atoms with Gasteiger partial charge in [0.15, 0.2) is 0 Å². The van der Waals surface area contributed by atoms with Crippen molar-refractivity contribution in [1.82, 2.24) is 0 Å². The Morgan fingerprint density at radius 3 is 1.62 bits per heavy atom. The molecule has 1 aliphatic heterocycles. The van der Waals surface area contributed by atoms with Gasteiger partial charge >= 0.3 is 0 Å². The molecule has 0 radical (unpaired) electrons. The molecule has 9 aromatic rings. The Bertz CT molecular complexity index is 3010. The van der Waals surface area contributed by atoms with Gasteiger partial charge in [-0.25, -0.2) is 0 Å². The van der Waals surface area contributed by atoms with Crippen LogP contribution in [0.3, 0.4) is 0 Å². The summed E-state index contributed by atoms with van der Waals surface area (Å²) in [6.07, 6.45) is 9.07. The van der Waals surface area contributed by atoms with Crippen molar-refractivity contribution in [3.63, 3.8) is 0 Å². The van der Waals surface area contributed by atoms with Gasteiger partial charge in [0.2, 0.25) is 0 Å². The van der Waals surface area contributed by atoms with Crippen molar-refractivity contribution >= 4 is 39.2 Å². The number of allylic oxidation sites excluding steroid dienone is 2. The normalized spacial score (nSPS) is 15.2. The van der Waals surface area contributed by atoms with Crippen LogP contribution in [0.1, 0.15) is 11.5 Å². The smallest absolute Gasteiger partial charge is 0.0629 e. The fourth-order valence-electron chi connectivity index (χ4n) is 9.32. The zero-order valence-electron chi connectivity index (χ0n) is 33.1. The highest BCUT2D eigenvalue weighted by atomic mass is 15.2. The Hall–Kier alpha value is -7.68. The lowest BCUT2D eigenvalue weighted by molar-refractivity contribution is 0.745. The number of fused-ring (bicyclic) bond motifs is 4. The summed E-state index contributed by atoms with van der Waals surface area (Å²) >= 11 is 0. The molecular weight excluding hydrogens is 725 g/mol. The molecule has 0 saturated carbocycles. The first-order chi connectivity index (χ1) is 29.8. The van der Waals surface area contributed by atoms with Gasteiger partial charge in [-0.15, -0.1) is 0 Å². The van der Waals surface area contributed by atoms with Crippen molar-refractivity contribution in [2.45, 2.75) is 12.0 Å². The molecule has 2 atom stereocenters. The van der Waals surface area contributed by atoms with Gasteiger partial charge in [-0.3, -0.25) is 0 Å². The molecule has 11 rings (SSSR count). The maximum absolute atomic E-state index is 2.52. The van der Waals surface area contributed by atoms with Crippen LogP contribution >= 0.6 is 0 Å². The third-order valence-electron chi connectivity index (χ3n) is 12.2. The van der Waals surface area contributed by atoms with Crippen molar-refractivity contribution in [3.05, 3.63) is 248 Å². The minimum atomic E-state index is 0.235. The molecule has 1 heterocycles. The van der Waals surface area contributed by atoms with E-state index in [-0.39, 0.29) is 6.04 Å². The van der Waals surface area contributed by atoms with E-state index < -0.39 is 0 Å². The predicted molar refractivity (Wildman–Crippen MR) is 254 cm³/mol. The summed E-state index contributed by atoms with van der Waals surface area (Å²) in [5.74, 6) is 0.330. The molecule has 0 aromatic heterocycles. The average Bonchev–Trinajstić information content (AvgIpc) is 3.67. The van der Waals surface area contributed by atoms with Crippen LogP contribution in [0.5, 0.6) is 0 Å². The molecule has 0 spiro atoms. The zero-order valence-corrected chi connectivity index (χ0v) is 33.1. The Labute approximate surface area is 352 Å². The monoisotopic (exact) mass is 766 g/mol. The molecule has 0 N–H and O–H groups in total. The molecule has 60 heavy (non-hydrogen) atoms. The van der Waals surface area contributed by atoms with Gasteiger partial charge in [-0.2, -0.15) is 0 Å². The van der Waals surface area contributed by atoms with Crippen molar-refractivity contribution < 1.29 is 0 Å². The molecule has 0 amide bonds. The zero-order chi connectivity index (χ0) is 39.8. The molecule has 0 bridgehead atoms. The maximum atomic E-state index is 2.52. The van der Waals surface area contributed by atoms with Crippen molar-refractivity contribution in [3.8, 4) is 44.5 Å². The lowest BCUT2D eigenvalue weighted by Gasteiger charge is -2.29. The topological polar surface area (TPSA) is 6.48 Å². The lowest BCUT2D eigenvalue weighted by Crippen LogP contribution is -2.28. The molecule has 9 aromatic carbocycles. The van der Waals surface area contributed by atoms with Gasteiger partial charge in [0, 0.05) is 34.4 Å². The highest BCUT2D eigenvalue weighted by Gasteiger charge is 2.37. The number of hydrogen-bond acceptors (Lipinski definition) is 2. The van der Waals surface area contributed by atoms with Gasteiger partial charge in [0.25, 0.3) is 0 Å². The van der Waals surface area contributed by atoms with E-state index in [0.717, 1.165) is 17.1 Å². The van der Waals surface area contributed by atoms with Crippen LogP contribution in [0.15, 0.2) is 243 Å². The van der Waals surface area contributed by atoms with E-state index in [4.69, 9.17) is 0 Å². The molecule has 2 heteroatoms. The van der Waals surface area contributed by atoms with E-state index in [0.29, 0.717) is 5.92 Å². The number of anilines is 5. The van der Waals surface area contributed by atoms with Gasteiger partial charge in [0.05, 0.1) is 6.04 Å². The van der Waals surface area contributed by atoms with Crippen LogP contribution in [0.2, 0.25) is 0 Å². The first-order valence-electron chi connectivity index (χ1n) is 20.8. The summed E-state index contributed by atoms with van der Waals surface area (Å²) in [6, 6.07) is 79.7. The SMILES string of the molecule is C1=CC2c3ccccc3N(c3ccc(-c4ccccc4)c(-c4ccc(N(c5ccc(-c6ccccc6)cc5)c5ccc(-c6cccc7ccccc67)cc5)cc4)c3)C2C=C1. The van der Waals surface area contributed by atoms with Crippen LogP contribution in [0.4, 0.5) is 28.4 Å². The molecule has 0 fully saturated rings. The highest BCUT2D eigenvalue weighted by molar-refractivity contribution is 5.97. The minimum absolute atomic E-state index is 0.235. The van der Waals surface area contributed by atoms with Crippen molar-refractivity contribution in [2.24, 2.45) is 0 Å². The number of hydrogen-bond donors (Lipinski definition) is 0. The molecular formula is C58H42N2. The fraction of sp³-hybridized carbons (Fsp3) is 0.0345. The summed E-state index contributed by atoms with van der Waals surface area (Å²) in [7, 11) is 0. The van der Waals surface area contributed by atoms with Gasteiger partial charge in [-0.05, 0) is 115 Å². The van der Waals surface area contributed by atoms with Crippen LogP contribution in [-0.4, -0.2) is 6.04 Å². The summed E-state index contributed by atoms with van der Waals surface area (Å²) in [6.45, 7) is 0. The largest absolute Gasteiger partial charge is 0.333 e. The molecule has 0 saturated heterocycles. The Morgan fingerprint density at radius 2 is 0.900 bits per heavy atom. The molecule has 1 aliphatic carbocycles. The second-order valence-electron chi connectivity index (χ2n) is 15.7. The second-order valence-corrected chi connectivity index (χ2v) is 15.7. The van der Waals surface area contributed by atoms with Crippen LogP contribution in [-0.2, 0) is 0 Å². The number of para-hydroxylation sites is 1. The Kier molecular flexibility index (Phi) is 9.02. The van der Waals surface area contributed by atoms with Crippen LogP contribution in [0, 0.1) is 0 Å². The minimum Gasteiger partial charge on any atom is -0.333 e. The first kappa shape index (κ1) is 35.5. The number of benzene rings is 9. The Balaban J connectivity index is 1.00. The van der Waals surface area contributed by atoms with E-state index in [1.165, 1.54) is 72.2 Å². The van der Waals surface area contributed by atoms with E-state index in [1.54, 1.807) is 0 Å². The Morgan fingerprint density at radius 1 is 0.367 bits per heavy atom. The summed E-state index contributed by atoms with van der Waals surface area (Å²) < 4.78 is 0. The fourth-order valence-corrected chi connectivity index (χ4v) is 9.32. The third-order valence-corrected chi connectivity index (χ3v) is 12.2. The molecule has 284 valence electrons. The van der Waals surface area contributed by atoms with E-state index >= 15 is 0 Å². The molecule has 2 nitrogen and oxygen atoms in total. The molecule has 2 aliphatic rings. The van der Waals surface area contributed by atoms with Crippen molar-refractivity contribution in [2.75, 3.05) is 9.80 Å². The number of nitrogens with zero attached hydrogens (tertiary/aromatic N) is 2. The van der Waals surface area contributed by atoms with Gasteiger partial charge in [-0.1, -0.05) is 188 Å². The van der Waals surface area contributed by atoms with Gasteiger partial charge in [0.1, 0.15) is 0 Å². The lowest BCUT2D eigenvalue weighted by atomic mass is 9.91. The quantitative estimate of drug-likeness (QED) is 0.152. The summed E-state index contributed by atoms with van der Waals surface area (Å²) in [5, 5.41) is 2.51. The summed E-state index contributed by atoms with van der Waals surface area (Å²) in [4.78, 5) is 4.89. The van der Waals surface area contributed by atoms with Crippen molar-refractivity contribution in [1.29, 1.82) is 0 Å².